The molecule has 0 aliphatic carbocycles. The number of carbonyl (C=O) groups is 1. The lowest BCUT2D eigenvalue weighted by atomic mass is 10.3. The highest BCUT2D eigenvalue weighted by Crippen LogP contribution is 2.13. The molecule has 1 heterocycles. The first-order valence-electron chi connectivity index (χ1n) is 6.98. The molecule has 1 aromatic carbocycles. The third-order valence-electron chi connectivity index (χ3n) is 3.37. The van der Waals surface area contributed by atoms with Crippen LogP contribution in [0.2, 0.25) is 0 Å². The number of carbonyl (C=O) groups excluding carboxylic acids is 1. The summed E-state index contributed by atoms with van der Waals surface area (Å²) in [6, 6.07) is 6.22. The minimum atomic E-state index is -3.20. The van der Waals surface area contributed by atoms with Gasteiger partial charge in [0.1, 0.15) is 0 Å². The average molecular weight is 348 g/mol. The largest absolute Gasteiger partial charge is 0.325 e. The Balaban J connectivity index is 0.00000242. The molecule has 2 N–H and O–H groups in total. The lowest BCUT2D eigenvalue weighted by Gasteiger charge is -2.18. The topological polar surface area (TPSA) is 78.5 Å². The number of benzene rings is 1. The van der Waals surface area contributed by atoms with Crippen LogP contribution >= 0.6 is 12.4 Å². The molecule has 0 atom stereocenters. The van der Waals surface area contributed by atoms with Crippen LogP contribution in [0, 0.1) is 0 Å². The van der Waals surface area contributed by atoms with Gasteiger partial charge in [-0.25, -0.2) is 8.42 Å². The van der Waals surface area contributed by atoms with Crippen molar-refractivity contribution in [1.82, 2.24) is 10.2 Å². The highest BCUT2D eigenvalue weighted by atomic mass is 35.5. The molecule has 1 aliphatic rings. The lowest BCUT2D eigenvalue weighted by molar-refractivity contribution is -0.117. The molecule has 124 valence electrons. The molecule has 0 radical (unpaired) electrons. The summed E-state index contributed by atoms with van der Waals surface area (Å²) in [6.07, 6.45) is 2.20. The second-order valence-electron chi connectivity index (χ2n) is 5.22. The third kappa shape index (κ3) is 5.92. The molecule has 6 nitrogen and oxygen atoms in total. The Morgan fingerprint density at radius 2 is 1.91 bits per heavy atom. The molecule has 2 rings (SSSR count). The zero-order chi connectivity index (χ0) is 15.3. The molecule has 0 spiro atoms. The van der Waals surface area contributed by atoms with Crippen molar-refractivity contribution in [2.75, 3.05) is 44.3 Å². The van der Waals surface area contributed by atoms with Crippen LogP contribution < -0.4 is 10.6 Å². The molecule has 1 fully saturated rings. The maximum absolute atomic E-state index is 12.0. The van der Waals surface area contributed by atoms with Crippen LogP contribution in [0.4, 0.5) is 5.69 Å². The first-order valence-corrected chi connectivity index (χ1v) is 8.87. The molecule has 0 bridgehead atoms. The van der Waals surface area contributed by atoms with E-state index in [4.69, 9.17) is 0 Å². The Hall–Kier alpha value is -1.15. The Morgan fingerprint density at radius 3 is 2.55 bits per heavy atom. The number of nitrogens with one attached hydrogen (secondary N) is 2. The van der Waals surface area contributed by atoms with E-state index < -0.39 is 9.84 Å². The van der Waals surface area contributed by atoms with Gasteiger partial charge in [-0.3, -0.25) is 9.69 Å². The number of hydrogen-bond donors (Lipinski definition) is 2. The van der Waals surface area contributed by atoms with Gasteiger partial charge in [0.15, 0.2) is 9.84 Å². The fourth-order valence-electron chi connectivity index (χ4n) is 2.25. The molecular formula is C14H22ClN3O3S. The summed E-state index contributed by atoms with van der Waals surface area (Å²) in [5, 5.41) is 6.08. The summed E-state index contributed by atoms with van der Waals surface area (Å²) in [4.78, 5) is 14.3. The van der Waals surface area contributed by atoms with Crippen LogP contribution in [0.1, 0.15) is 6.42 Å². The summed E-state index contributed by atoms with van der Waals surface area (Å²) in [5.74, 6) is -0.0796. The van der Waals surface area contributed by atoms with Crippen LogP contribution in [-0.2, 0) is 14.6 Å². The van der Waals surface area contributed by atoms with Gasteiger partial charge in [-0.2, -0.15) is 0 Å². The van der Waals surface area contributed by atoms with E-state index in [-0.39, 0.29) is 23.2 Å². The fourth-order valence-corrected chi connectivity index (χ4v) is 2.88. The third-order valence-corrected chi connectivity index (χ3v) is 4.49. The Labute approximate surface area is 137 Å². The molecule has 8 heteroatoms. The summed E-state index contributed by atoms with van der Waals surface area (Å²) in [7, 11) is -3.20. The van der Waals surface area contributed by atoms with Crippen LogP contribution in [0.3, 0.4) is 0 Å². The van der Waals surface area contributed by atoms with E-state index in [0.717, 1.165) is 38.9 Å². The van der Waals surface area contributed by atoms with E-state index in [1.807, 2.05) is 0 Å². The predicted molar refractivity (Wildman–Crippen MR) is 89.4 cm³/mol. The van der Waals surface area contributed by atoms with Crippen molar-refractivity contribution >= 4 is 33.8 Å². The Kier molecular flexibility index (Phi) is 7.28. The van der Waals surface area contributed by atoms with Crippen LogP contribution in [0.15, 0.2) is 29.2 Å². The van der Waals surface area contributed by atoms with Crippen LogP contribution in [0.25, 0.3) is 0 Å². The van der Waals surface area contributed by atoms with Crippen molar-refractivity contribution in [2.45, 2.75) is 11.3 Å². The number of hydrogen-bond acceptors (Lipinski definition) is 5. The zero-order valence-corrected chi connectivity index (χ0v) is 14.2. The number of nitrogens with zero attached hydrogens (tertiary/aromatic N) is 1. The zero-order valence-electron chi connectivity index (χ0n) is 12.5. The number of rotatable bonds is 4. The number of anilines is 1. The lowest BCUT2D eigenvalue weighted by Crippen LogP contribution is -2.35. The van der Waals surface area contributed by atoms with E-state index >= 15 is 0 Å². The van der Waals surface area contributed by atoms with Gasteiger partial charge < -0.3 is 10.6 Å². The second kappa shape index (κ2) is 8.47. The van der Waals surface area contributed by atoms with Gasteiger partial charge in [0.05, 0.1) is 11.4 Å². The van der Waals surface area contributed by atoms with E-state index in [1.54, 1.807) is 12.1 Å². The van der Waals surface area contributed by atoms with Crippen LogP contribution in [0.5, 0.6) is 0 Å². The summed E-state index contributed by atoms with van der Waals surface area (Å²) >= 11 is 0. The minimum Gasteiger partial charge on any atom is -0.325 e. The van der Waals surface area contributed by atoms with Gasteiger partial charge in [0.25, 0.3) is 0 Å². The average Bonchev–Trinajstić information content (AvgIpc) is 2.67. The quantitative estimate of drug-likeness (QED) is 0.840. The minimum absolute atomic E-state index is 0. The molecule has 1 amide bonds. The summed E-state index contributed by atoms with van der Waals surface area (Å²) in [5.41, 5.74) is 0.611. The number of halogens is 1. The van der Waals surface area contributed by atoms with Crippen molar-refractivity contribution in [1.29, 1.82) is 0 Å². The van der Waals surface area contributed by atoms with Gasteiger partial charge in [0.2, 0.25) is 5.91 Å². The maximum Gasteiger partial charge on any atom is 0.238 e. The van der Waals surface area contributed by atoms with Crippen molar-refractivity contribution in [3.63, 3.8) is 0 Å². The highest BCUT2D eigenvalue weighted by molar-refractivity contribution is 7.90. The Bertz CT molecular complexity index is 582. The van der Waals surface area contributed by atoms with Crippen LogP contribution in [-0.4, -0.2) is 58.2 Å². The van der Waals surface area contributed by atoms with Gasteiger partial charge in [-0.15, -0.1) is 12.4 Å². The summed E-state index contributed by atoms with van der Waals surface area (Å²) in [6.45, 7) is 4.02. The first-order chi connectivity index (χ1) is 9.95. The van der Waals surface area contributed by atoms with E-state index in [2.05, 4.69) is 15.5 Å². The normalized spacial score (nSPS) is 16.4. The van der Waals surface area contributed by atoms with E-state index in [1.165, 1.54) is 12.1 Å². The summed E-state index contributed by atoms with van der Waals surface area (Å²) < 4.78 is 22.7. The SMILES string of the molecule is CS(=O)(=O)c1ccc(NC(=O)CN2CCCNCC2)cc1.Cl. The number of sulfone groups is 1. The van der Waals surface area contributed by atoms with Gasteiger partial charge >= 0.3 is 0 Å². The first kappa shape index (κ1) is 18.9. The van der Waals surface area contributed by atoms with Crippen molar-refractivity contribution < 1.29 is 13.2 Å². The molecule has 0 aromatic heterocycles. The molecule has 0 unspecified atom stereocenters. The van der Waals surface area contributed by atoms with E-state index in [9.17, 15) is 13.2 Å². The van der Waals surface area contributed by atoms with Crippen molar-refractivity contribution in [3.8, 4) is 0 Å². The highest BCUT2D eigenvalue weighted by Gasteiger charge is 2.13. The predicted octanol–water partition coefficient (Wildman–Crippen LogP) is 0.746. The van der Waals surface area contributed by atoms with Gasteiger partial charge in [-0.05, 0) is 43.8 Å². The monoisotopic (exact) mass is 347 g/mol. The maximum atomic E-state index is 12.0. The molecule has 1 saturated heterocycles. The van der Waals surface area contributed by atoms with E-state index in [0.29, 0.717) is 12.2 Å². The second-order valence-corrected chi connectivity index (χ2v) is 7.24. The number of amides is 1. The molecule has 0 saturated carbocycles. The van der Waals surface area contributed by atoms with Crippen molar-refractivity contribution in [3.05, 3.63) is 24.3 Å². The molecular weight excluding hydrogens is 326 g/mol. The smallest absolute Gasteiger partial charge is 0.238 e. The fraction of sp³-hybridized carbons (Fsp3) is 0.500. The van der Waals surface area contributed by atoms with Gasteiger partial charge in [-0.1, -0.05) is 0 Å². The Morgan fingerprint density at radius 1 is 1.23 bits per heavy atom. The van der Waals surface area contributed by atoms with Crippen molar-refractivity contribution in [2.24, 2.45) is 0 Å². The standard InChI is InChI=1S/C14H21N3O3S.ClH/c1-21(19,20)13-5-3-12(4-6-13)16-14(18)11-17-9-2-7-15-8-10-17;/h3-6,15H,2,7-11H2,1H3,(H,16,18);1H. The van der Waals surface area contributed by atoms with Gasteiger partial charge in [0, 0.05) is 25.0 Å². The molecule has 1 aliphatic heterocycles. The molecule has 1 aromatic rings. The molecule has 22 heavy (non-hydrogen) atoms.